The zero-order valence-corrected chi connectivity index (χ0v) is 10.5. The molecule has 2 aromatic heterocycles. The Bertz CT molecular complexity index is 763. The Morgan fingerprint density at radius 2 is 2.26 bits per heavy atom. The summed E-state index contributed by atoms with van der Waals surface area (Å²) in [5.41, 5.74) is 1.65. The molecule has 0 amide bonds. The molecule has 0 unspecified atom stereocenters. The normalized spacial score (nSPS) is 10.7. The van der Waals surface area contributed by atoms with Crippen LogP contribution < -0.4 is 0 Å². The number of rotatable bonds is 3. The Kier molecular flexibility index (Phi) is 2.76. The minimum atomic E-state index is 0.544. The molecule has 0 bridgehead atoms. The molecule has 2 heterocycles. The smallest absolute Gasteiger partial charge is 0.226 e. The van der Waals surface area contributed by atoms with Crippen molar-refractivity contribution in [2.24, 2.45) is 0 Å². The number of nitrogens with zero attached hydrogens (tertiary/aromatic N) is 4. The SMILES string of the molecule is CCc1nc(Cn2ccc3ccc(C#N)cc32)no1. The molecule has 0 fully saturated rings. The van der Waals surface area contributed by atoms with E-state index in [0.717, 1.165) is 17.3 Å². The third-order valence-corrected chi connectivity index (χ3v) is 3.03. The molecule has 0 saturated heterocycles. The minimum Gasteiger partial charge on any atom is -0.340 e. The number of nitriles is 1. The van der Waals surface area contributed by atoms with E-state index in [1.807, 2.05) is 42.0 Å². The van der Waals surface area contributed by atoms with Gasteiger partial charge in [0.15, 0.2) is 5.82 Å². The quantitative estimate of drug-likeness (QED) is 0.718. The fourth-order valence-corrected chi connectivity index (χ4v) is 2.04. The Morgan fingerprint density at radius 3 is 3.00 bits per heavy atom. The van der Waals surface area contributed by atoms with E-state index in [1.165, 1.54) is 0 Å². The van der Waals surface area contributed by atoms with Crippen molar-refractivity contribution >= 4 is 10.9 Å². The number of hydrogen-bond acceptors (Lipinski definition) is 4. The number of hydrogen-bond donors (Lipinski definition) is 0. The van der Waals surface area contributed by atoms with Crippen LogP contribution in [0.1, 0.15) is 24.2 Å². The van der Waals surface area contributed by atoms with E-state index in [-0.39, 0.29) is 0 Å². The molecule has 19 heavy (non-hydrogen) atoms. The van der Waals surface area contributed by atoms with E-state index in [9.17, 15) is 0 Å². The van der Waals surface area contributed by atoms with Gasteiger partial charge in [0.2, 0.25) is 5.89 Å². The van der Waals surface area contributed by atoms with Crippen LogP contribution in [0.4, 0.5) is 0 Å². The van der Waals surface area contributed by atoms with E-state index in [2.05, 4.69) is 16.2 Å². The van der Waals surface area contributed by atoms with Gasteiger partial charge in [0.05, 0.1) is 18.2 Å². The summed E-state index contributed by atoms with van der Waals surface area (Å²) in [5, 5.41) is 14.0. The molecule has 0 radical (unpaired) electrons. The maximum Gasteiger partial charge on any atom is 0.226 e. The predicted octanol–water partition coefficient (Wildman–Crippen LogP) is 2.51. The summed E-state index contributed by atoms with van der Waals surface area (Å²) in [6.07, 6.45) is 2.70. The van der Waals surface area contributed by atoms with Crippen LogP contribution in [0.15, 0.2) is 35.0 Å². The first-order valence-electron chi connectivity index (χ1n) is 6.10. The maximum atomic E-state index is 8.95. The lowest BCUT2D eigenvalue weighted by atomic mass is 10.2. The van der Waals surface area contributed by atoms with Crippen molar-refractivity contribution in [3.63, 3.8) is 0 Å². The fourth-order valence-electron chi connectivity index (χ4n) is 2.04. The summed E-state index contributed by atoms with van der Waals surface area (Å²) in [5.74, 6) is 1.29. The van der Waals surface area contributed by atoms with Gasteiger partial charge in [-0.3, -0.25) is 0 Å². The molecule has 3 rings (SSSR count). The zero-order chi connectivity index (χ0) is 13.2. The molecule has 0 saturated carbocycles. The molecule has 0 N–H and O–H groups in total. The van der Waals surface area contributed by atoms with E-state index in [1.54, 1.807) is 0 Å². The third-order valence-electron chi connectivity index (χ3n) is 3.03. The van der Waals surface area contributed by atoms with Crippen molar-refractivity contribution in [2.75, 3.05) is 0 Å². The number of benzene rings is 1. The predicted molar refractivity (Wildman–Crippen MR) is 69.4 cm³/mol. The lowest BCUT2D eigenvalue weighted by Crippen LogP contribution is -2.00. The largest absolute Gasteiger partial charge is 0.340 e. The monoisotopic (exact) mass is 252 g/mol. The molecule has 5 nitrogen and oxygen atoms in total. The molecular weight excluding hydrogens is 240 g/mol. The van der Waals surface area contributed by atoms with Crippen LogP contribution in [0.25, 0.3) is 10.9 Å². The molecule has 1 aromatic carbocycles. The molecule has 0 atom stereocenters. The van der Waals surface area contributed by atoms with Crippen LogP contribution in [0.3, 0.4) is 0 Å². The summed E-state index contributed by atoms with van der Waals surface area (Å²) in [7, 11) is 0. The van der Waals surface area contributed by atoms with Gasteiger partial charge in [-0.25, -0.2) is 0 Å². The fraction of sp³-hybridized carbons (Fsp3) is 0.214. The third kappa shape index (κ3) is 2.08. The van der Waals surface area contributed by atoms with Gasteiger partial charge in [-0.1, -0.05) is 18.1 Å². The topological polar surface area (TPSA) is 67.6 Å². The highest BCUT2D eigenvalue weighted by atomic mass is 16.5. The number of fused-ring (bicyclic) bond motifs is 1. The maximum absolute atomic E-state index is 8.95. The van der Waals surface area contributed by atoms with Crippen LogP contribution in [0.2, 0.25) is 0 Å². The molecule has 0 aliphatic carbocycles. The van der Waals surface area contributed by atoms with E-state index in [4.69, 9.17) is 9.78 Å². The van der Waals surface area contributed by atoms with Gasteiger partial charge >= 0.3 is 0 Å². The Morgan fingerprint density at radius 1 is 1.37 bits per heavy atom. The second-order valence-electron chi connectivity index (χ2n) is 4.29. The summed E-state index contributed by atoms with van der Waals surface area (Å²) in [4.78, 5) is 4.29. The second-order valence-corrected chi connectivity index (χ2v) is 4.29. The van der Waals surface area contributed by atoms with Crippen molar-refractivity contribution in [1.29, 1.82) is 5.26 Å². The van der Waals surface area contributed by atoms with Gasteiger partial charge in [0.1, 0.15) is 0 Å². The number of aromatic nitrogens is 3. The van der Waals surface area contributed by atoms with Crippen molar-refractivity contribution in [3.8, 4) is 6.07 Å². The van der Waals surface area contributed by atoms with Gasteiger partial charge in [0, 0.05) is 18.1 Å². The van der Waals surface area contributed by atoms with Crippen LogP contribution in [0, 0.1) is 11.3 Å². The van der Waals surface area contributed by atoms with E-state index in [0.29, 0.717) is 23.8 Å². The standard InChI is InChI=1S/C14H12N4O/c1-2-14-16-13(17-19-14)9-18-6-5-11-4-3-10(8-15)7-12(11)18/h3-7H,2,9H2,1H3. The summed E-state index contributed by atoms with van der Waals surface area (Å²) >= 11 is 0. The molecule has 0 spiro atoms. The zero-order valence-electron chi connectivity index (χ0n) is 10.5. The molecule has 3 aromatic rings. The van der Waals surface area contributed by atoms with E-state index < -0.39 is 0 Å². The van der Waals surface area contributed by atoms with Crippen molar-refractivity contribution in [1.82, 2.24) is 14.7 Å². The van der Waals surface area contributed by atoms with E-state index >= 15 is 0 Å². The van der Waals surface area contributed by atoms with Gasteiger partial charge in [-0.2, -0.15) is 10.2 Å². The highest BCUT2D eigenvalue weighted by Crippen LogP contribution is 2.18. The lowest BCUT2D eigenvalue weighted by molar-refractivity contribution is 0.375. The Hall–Kier alpha value is -2.61. The van der Waals surface area contributed by atoms with Gasteiger partial charge in [-0.05, 0) is 23.6 Å². The molecule has 5 heteroatoms. The van der Waals surface area contributed by atoms with Gasteiger partial charge < -0.3 is 9.09 Å². The number of aryl methyl sites for hydroxylation is 1. The van der Waals surface area contributed by atoms with Crippen molar-refractivity contribution in [3.05, 3.63) is 47.7 Å². The summed E-state index contributed by atoms with van der Waals surface area (Å²) in [6.45, 7) is 2.52. The second kappa shape index (κ2) is 4.58. The molecular formula is C14H12N4O. The molecule has 94 valence electrons. The first-order chi connectivity index (χ1) is 9.30. The van der Waals surface area contributed by atoms with Crippen molar-refractivity contribution < 1.29 is 4.52 Å². The van der Waals surface area contributed by atoms with Gasteiger partial charge in [0.25, 0.3) is 0 Å². The minimum absolute atomic E-state index is 0.544. The highest BCUT2D eigenvalue weighted by molar-refractivity contribution is 5.81. The van der Waals surface area contributed by atoms with Crippen LogP contribution in [-0.4, -0.2) is 14.7 Å². The van der Waals surface area contributed by atoms with Crippen LogP contribution in [0.5, 0.6) is 0 Å². The Balaban J connectivity index is 1.98. The first kappa shape index (κ1) is 11.5. The van der Waals surface area contributed by atoms with Crippen LogP contribution >= 0.6 is 0 Å². The van der Waals surface area contributed by atoms with Crippen LogP contribution in [-0.2, 0) is 13.0 Å². The van der Waals surface area contributed by atoms with Gasteiger partial charge in [-0.15, -0.1) is 0 Å². The average Bonchev–Trinajstić information content (AvgIpc) is 3.06. The summed E-state index contributed by atoms with van der Waals surface area (Å²) in [6, 6.07) is 9.79. The lowest BCUT2D eigenvalue weighted by Gasteiger charge is -2.01. The first-order valence-corrected chi connectivity index (χ1v) is 6.10. The Labute approximate surface area is 110 Å². The van der Waals surface area contributed by atoms with Crippen molar-refractivity contribution in [2.45, 2.75) is 19.9 Å². The highest BCUT2D eigenvalue weighted by Gasteiger charge is 2.08. The average molecular weight is 252 g/mol. The molecule has 0 aliphatic heterocycles. The molecule has 0 aliphatic rings. The summed E-state index contributed by atoms with van der Waals surface area (Å²) < 4.78 is 7.11.